The van der Waals surface area contributed by atoms with E-state index in [-0.39, 0.29) is 5.91 Å². The summed E-state index contributed by atoms with van der Waals surface area (Å²) in [6, 6.07) is 7.80. The quantitative estimate of drug-likeness (QED) is 0.820. The van der Waals surface area contributed by atoms with Crippen molar-refractivity contribution in [3.63, 3.8) is 0 Å². The van der Waals surface area contributed by atoms with Gasteiger partial charge in [-0.1, -0.05) is 17.7 Å². The monoisotopic (exact) mass is 305 g/mol. The molecule has 0 unspecified atom stereocenters. The first-order valence-corrected chi connectivity index (χ1v) is 7.76. The molecule has 0 saturated carbocycles. The molecule has 120 valence electrons. The van der Waals surface area contributed by atoms with Gasteiger partial charge in [-0.05, 0) is 38.3 Å². The molecule has 0 aliphatic carbocycles. The number of benzene rings is 1. The number of aryl methyl sites for hydroxylation is 1. The lowest BCUT2D eigenvalue weighted by molar-refractivity contribution is -0.145. The number of hydrogen-bond acceptors (Lipinski definition) is 3. The molecule has 1 atom stereocenters. The van der Waals surface area contributed by atoms with Gasteiger partial charge in [-0.2, -0.15) is 0 Å². The zero-order valence-corrected chi connectivity index (χ0v) is 13.0. The molecule has 1 aromatic carbocycles. The number of carboxylic acid groups (broad SMARTS) is 1. The average Bonchev–Trinajstić information content (AvgIpc) is 2.53. The fourth-order valence-corrected chi connectivity index (χ4v) is 2.61. The number of carbonyl (C=O) groups is 2. The Kier molecular flexibility index (Phi) is 5.81. The summed E-state index contributed by atoms with van der Waals surface area (Å²) in [5.74, 6) is -0.387. The number of carbonyl (C=O) groups excluding carboxylic acids is 1. The number of hydrogen-bond donors (Lipinski definition) is 1. The molecule has 1 saturated heterocycles. The van der Waals surface area contributed by atoms with Gasteiger partial charge in [-0.25, -0.2) is 0 Å². The maximum Gasteiger partial charge on any atom is 0.308 e. The lowest BCUT2D eigenvalue weighted by atomic mass is 9.98. The second-order valence-corrected chi connectivity index (χ2v) is 5.78. The van der Waals surface area contributed by atoms with Gasteiger partial charge in [-0.15, -0.1) is 0 Å². The Labute approximate surface area is 130 Å². The average molecular weight is 305 g/mol. The largest absolute Gasteiger partial charge is 0.494 e. The maximum absolute atomic E-state index is 12.1. The van der Waals surface area contributed by atoms with Gasteiger partial charge in [-0.3, -0.25) is 9.59 Å². The van der Waals surface area contributed by atoms with E-state index in [1.807, 2.05) is 31.2 Å². The molecular formula is C17H23NO4. The van der Waals surface area contributed by atoms with Crippen molar-refractivity contribution in [2.75, 3.05) is 19.7 Å². The van der Waals surface area contributed by atoms with Crippen molar-refractivity contribution in [3.05, 3.63) is 29.8 Å². The first-order valence-electron chi connectivity index (χ1n) is 7.76. The third kappa shape index (κ3) is 4.76. The highest BCUT2D eigenvalue weighted by Crippen LogP contribution is 2.18. The second-order valence-electron chi connectivity index (χ2n) is 5.78. The van der Waals surface area contributed by atoms with E-state index in [9.17, 15) is 9.59 Å². The van der Waals surface area contributed by atoms with E-state index < -0.39 is 11.9 Å². The van der Waals surface area contributed by atoms with Gasteiger partial charge < -0.3 is 14.7 Å². The number of piperidine rings is 1. The highest BCUT2D eigenvalue weighted by Gasteiger charge is 2.27. The Morgan fingerprint density at radius 3 is 2.73 bits per heavy atom. The summed E-state index contributed by atoms with van der Waals surface area (Å²) in [7, 11) is 0. The number of likely N-dealkylation sites (tertiary alicyclic amines) is 1. The molecule has 1 fully saturated rings. The molecule has 2 rings (SSSR count). The Hall–Kier alpha value is -2.04. The number of ether oxygens (including phenoxy) is 1. The molecule has 5 heteroatoms. The third-order valence-corrected chi connectivity index (χ3v) is 3.95. The van der Waals surface area contributed by atoms with Crippen molar-refractivity contribution in [1.29, 1.82) is 0 Å². The first-order chi connectivity index (χ1) is 10.6. The minimum atomic E-state index is -0.805. The van der Waals surface area contributed by atoms with Gasteiger partial charge in [0.2, 0.25) is 5.91 Å². The summed E-state index contributed by atoms with van der Waals surface area (Å²) >= 11 is 0. The van der Waals surface area contributed by atoms with E-state index in [0.29, 0.717) is 39.0 Å². The van der Waals surface area contributed by atoms with Crippen molar-refractivity contribution < 1.29 is 19.4 Å². The van der Waals surface area contributed by atoms with Crippen LogP contribution in [0.3, 0.4) is 0 Å². The minimum absolute atomic E-state index is 0.0263. The lowest BCUT2D eigenvalue weighted by Gasteiger charge is -2.30. The predicted octanol–water partition coefficient (Wildman–Crippen LogP) is 2.48. The van der Waals surface area contributed by atoms with Crippen LogP contribution in [0.25, 0.3) is 0 Å². The molecule has 1 aromatic rings. The van der Waals surface area contributed by atoms with Crippen molar-refractivity contribution in [2.45, 2.75) is 32.6 Å². The number of aliphatic carboxylic acids is 1. The fourth-order valence-electron chi connectivity index (χ4n) is 2.61. The van der Waals surface area contributed by atoms with Gasteiger partial charge in [0.05, 0.1) is 12.5 Å². The fraction of sp³-hybridized carbons (Fsp3) is 0.529. The number of amides is 1. The van der Waals surface area contributed by atoms with Crippen LogP contribution in [0.1, 0.15) is 31.2 Å². The summed E-state index contributed by atoms with van der Waals surface area (Å²) in [5.41, 5.74) is 1.18. The van der Waals surface area contributed by atoms with Gasteiger partial charge in [0.15, 0.2) is 0 Å². The number of carboxylic acids is 1. The molecule has 0 bridgehead atoms. The molecule has 1 aliphatic heterocycles. The Morgan fingerprint density at radius 1 is 1.32 bits per heavy atom. The minimum Gasteiger partial charge on any atom is -0.494 e. The van der Waals surface area contributed by atoms with Crippen LogP contribution in [0.5, 0.6) is 5.75 Å². The Balaban J connectivity index is 1.69. The number of rotatable bonds is 6. The molecule has 1 N–H and O–H groups in total. The van der Waals surface area contributed by atoms with E-state index in [1.54, 1.807) is 4.90 Å². The molecule has 22 heavy (non-hydrogen) atoms. The molecule has 0 aromatic heterocycles. The van der Waals surface area contributed by atoms with Gasteiger partial charge >= 0.3 is 5.97 Å². The van der Waals surface area contributed by atoms with Crippen LogP contribution >= 0.6 is 0 Å². The van der Waals surface area contributed by atoms with Crippen LogP contribution in [-0.4, -0.2) is 41.6 Å². The third-order valence-electron chi connectivity index (χ3n) is 3.95. The molecule has 0 radical (unpaired) electrons. The van der Waals surface area contributed by atoms with Crippen LogP contribution in [0.4, 0.5) is 0 Å². The highest BCUT2D eigenvalue weighted by molar-refractivity contribution is 5.78. The first kappa shape index (κ1) is 16.3. The van der Waals surface area contributed by atoms with Crippen LogP contribution in [0.2, 0.25) is 0 Å². The molecule has 1 heterocycles. The van der Waals surface area contributed by atoms with E-state index in [0.717, 1.165) is 12.2 Å². The number of nitrogens with zero attached hydrogens (tertiary/aromatic N) is 1. The summed E-state index contributed by atoms with van der Waals surface area (Å²) in [5, 5.41) is 9.04. The van der Waals surface area contributed by atoms with Crippen LogP contribution in [-0.2, 0) is 9.59 Å². The van der Waals surface area contributed by atoms with E-state index in [4.69, 9.17) is 9.84 Å². The topological polar surface area (TPSA) is 66.8 Å². The smallest absolute Gasteiger partial charge is 0.308 e. The molecule has 1 amide bonds. The van der Waals surface area contributed by atoms with E-state index >= 15 is 0 Å². The maximum atomic E-state index is 12.1. The highest BCUT2D eigenvalue weighted by atomic mass is 16.5. The van der Waals surface area contributed by atoms with Crippen molar-refractivity contribution in [1.82, 2.24) is 4.90 Å². The predicted molar refractivity (Wildman–Crippen MR) is 82.8 cm³/mol. The SMILES string of the molecule is Cc1ccc(OCCCC(=O)N2CCC[C@@H](C(=O)O)C2)cc1. The second kappa shape index (κ2) is 7.82. The van der Waals surface area contributed by atoms with Crippen molar-refractivity contribution >= 4 is 11.9 Å². The van der Waals surface area contributed by atoms with Crippen LogP contribution < -0.4 is 4.74 Å². The normalized spacial score (nSPS) is 18.0. The standard InChI is InChI=1S/C17H23NO4/c1-13-6-8-15(9-7-13)22-11-3-5-16(19)18-10-2-4-14(12-18)17(20)21/h6-9,14H,2-5,10-12H2,1H3,(H,20,21)/t14-/m1/s1. The van der Waals surface area contributed by atoms with Crippen molar-refractivity contribution in [2.24, 2.45) is 5.92 Å². The van der Waals surface area contributed by atoms with E-state index in [1.165, 1.54) is 5.56 Å². The van der Waals surface area contributed by atoms with Crippen molar-refractivity contribution in [3.8, 4) is 5.75 Å². The summed E-state index contributed by atoms with van der Waals surface area (Å²) < 4.78 is 5.59. The summed E-state index contributed by atoms with van der Waals surface area (Å²) in [4.78, 5) is 24.8. The van der Waals surface area contributed by atoms with E-state index in [2.05, 4.69) is 0 Å². The van der Waals surface area contributed by atoms with Gasteiger partial charge in [0.1, 0.15) is 5.75 Å². The Morgan fingerprint density at radius 2 is 2.05 bits per heavy atom. The molecule has 1 aliphatic rings. The molecular weight excluding hydrogens is 282 g/mol. The Bertz CT molecular complexity index is 512. The van der Waals surface area contributed by atoms with Gasteiger partial charge in [0.25, 0.3) is 0 Å². The summed E-state index contributed by atoms with van der Waals surface area (Å²) in [6.45, 7) is 3.52. The summed E-state index contributed by atoms with van der Waals surface area (Å²) in [6.07, 6.45) is 2.47. The van der Waals surface area contributed by atoms with Crippen LogP contribution in [0.15, 0.2) is 24.3 Å². The zero-order chi connectivity index (χ0) is 15.9. The molecule has 0 spiro atoms. The van der Waals surface area contributed by atoms with Gasteiger partial charge in [0, 0.05) is 19.5 Å². The van der Waals surface area contributed by atoms with Crippen LogP contribution in [0, 0.1) is 12.8 Å². The molecule has 5 nitrogen and oxygen atoms in total. The lowest BCUT2D eigenvalue weighted by Crippen LogP contribution is -2.42. The zero-order valence-electron chi connectivity index (χ0n) is 13.0.